The van der Waals surface area contributed by atoms with Crippen LogP contribution in [0, 0.1) is 0 Å². The third kappa shape index (κ3) is 4.05. The van der Waals surface area contributed by atoms with E-state index in [0.29, 0.717) is 6.04 Å². The molecule has 106 valence electrons. The van der Waals surface area contributed by atoms with Crippen molar-refractivity contribution in [2.24, 2.45) is 0 Å². The summed E-state index contributed by atoms with van der Waals surface area (Å²) < 4.78 is 0.726. The second kappa shape index (κ2) is 6.53. The van der Waals surface area contributed by atoms with Crippen molar-refractivity contribution in [3.05, 3.63) is 0 Å². The zero-order chi connectivity index (χ0) is 13.8. The highest BCUT2D eigenvalue weighted by Gasteiger charge is 2.23. The molecule has 19 heavy (non-hydrogen) atoms. The van der Waals surface area contributed by atoms with E-state index in [2.05, 4.69) is 34.1 Å². The molecule has 1 saturated heterocycles. The number of hydrogen-bond acceptors (Lipinski definition) is 7. The van der Waals surface area contributed by atoms with Crippen LogP contribution in [0.15, 0.2) is 4.34 Å². The molecule has 2 heterocycles. The Kier molecular flexibility index (Phi) is 5.00. The van der Waals surface area contributed by atoms with Gasteiger partial charge in [0.2, 0.25) is 5.13 Å². The van der Waals surface area contributed by atoms with Crippen LogP contribution in [0.2, 0.25) is 0 Å². The average Bonchev–Trinajstić information content (AvgIpc) is 2.85. The first-order valence-electron chi connectivity index (χ1n) is 6.15. The quantitative estimate of drug-likeness (QED) is 0.821. The molecule has 0 radical (unpaired) electrons. The summed E-state index contributed by atoms with van der Waals surface area (Å²) >= 11 is 2.71. The van der Waals surface area contributed by atoms with Crippen LogP contribution in [0.25, 0.3) is 0 Å². The highest BCUT2D eigenvalue weighted by atomic mass is 32.2. The number of carboxylic acid groups (broad SMARTS) is 1. The molecule has 1 aliphatic heterocycles. The van der Waals surface area contributed by atoms with Gasteiger partial charge in [-0.05, 0) is 26.9 Å². The predicted molar refractivity (Wildman–Crippen MR) is 77.2 cm³/mol. The van der Waals surface area contributed by atoms with E-state index < -0.39 is 5.97 Å². The second-order valence-electron chi connectivity index (χ2n) is 4.74. The lowest BCUT2D eigenvalue weighted by Gasteiger charge is -2.35. The maximum absolute atomic E-state index is 10.5. The van der Waals surface area contributed by atoms with Gasteiger partial charge in [-0.1, -0.05) is 23.1 Å². The Bertz CT molecular complexity index is 438. The fourth-order valence-electron chi connectivity index (χ4n) is 2.06. The van der Waals surface area contributed by atoms with Crippen LogP contribution in [0.4, 0.5) is 5.13 Å². The molecule has 2 rings (SSSR count). The van der Waals surface area contributed by atoms with E-state index in [1.807, 2.05) is 0 Å². The van der Waals surface area contributed by atoms with Gasteiger partial charge in [-0.2, -0.15) is 0 Å². The number of rotatable bonds is 5. The van der Waals surface area contributed by atoms with Gasteiger partial charge in [-0.15, -0.1) is 10.2 Å². The third-order valence-electron chi connectivity index (χ3n) is 3.11. The van der Waals surface area contributed by atoms with E-state index in [-0.39, 0.29) is 5.75 Å². The Labute approximate surface area is 120 Å². The highest BCUT2D eigenvalue weighted by molar-refractivity contribution is 8.01. The number of nitrogens with zero attached hydrogens (tertiary/aromatic N) is 4. The minimum atomic E-state index is -0.826. The largest absolute Gasteiger partial charge is 0.481 e. The molecule has 0 aromatic carbocycles. The third-order valence-corrected chi connectivity index (χ3v) is 5.21. The van der Waals surface area contributed by atoms with Gasteiger partial charge >= 0.3 is 5.97 Å². The molecular formula is C11H18N4O2S2. The van der Waals surface area contributed by atoms with Crippen molar-refractivity contribution in [3.8, 4) is 0 Å². The fraction of sp³-hybridized carbons (Fsp3) is 0.727. The Morgan fingerprint density at radius 3 is 3.05 bits per heavy atom. The van der Waals surface area contributed by atoms with Crippen molar-refractivity contribution in [2.75, 3.05) is 37.8 Å². The SMILES string of the molecule is CN(C)C1CCCN(c2nnc(SCC(=O)O)s2)C1. The first kappa shape index (κ1) is 14.5. The normalized spacial score (nSPS) is 19.9. The van der Waals surface area contributed by atoms with Crippen molar-refractivity contribution in [2.45, 2.75) is 23.2 Å². The minimum Gasteiger partial charge on any atom is -0.481 e. The van der Waals surface area contributed by atoms with E-state index >= 15 is 0 Å². The van der Waals surface area contributed by atoms with Crippen LogP contribution in [0.3, 0.4) is 0 Å². The van der Waals surface area contributed by atoms with Crippen molar-refractivity contribution in [1.29, 1.82) is 0 Å². The summed E-state index contributed by atoms with van der Waals surface area (Å²) in [6, 6.07) is 0.549. The minimum absolute atomic E-state index is 0.0367. The van der Waals surface area contributed by atoms with Gasteiger partial charge in [0.25, 0.3) is 0 Å². The van der Waals surface area contributed by atoms with E-state index in [0.717, 1.165) is 29.0 Å². The lowest BCUT2D eigenvalue weighted by molar-refractivity contribution is -0.133. The van der Waals surface area contributed by atoms with Gasteiger partial charge in [0.15, 0.2) is 4.34 Å². The maximum atomic E-state index is 10.5. The fourth-order valence-corrected chi connectivity index (χ4v) is 3.66. The Morgan fingerprint density at radius 2 is 2.37 bits per heavy atom. The van der Waals surface area contributed by atoms with E-state index in [4.69, 9.17) is 5.11 Å². The molecule has 1 N–H and O–H groups in total. The topological polar surface area (TPSA) is 69.6 Å². The standard InChI is InChI=1S/C11H18N4O2S2/c1-14(2)8-4-3-5-15(6-8)10-12-13-11(19-10)18-7-9(16)17/h8H,3-7H2,1-2H3,(H,16,17). The molecule has 8 heteroatoms. The van der Waals surface area contributed by atoms with E-state index in [1.165, 1.54) is 29.5 Å². The van der Waals surface area contributed by atoms with Crippen LogP contribution < -0.4 is 4.90 Å². The van der Waals surface area contributed by atoms with Gasteiger partial charge in [0, 0.05) is 19.1 Å². The first-order valence-corrected chi connectivity index (χ1v) is 7.96. The van der Waals surface area contributed by atoms with Crippen molar-refractivity contribution < 1.29 is 9.90 Å². The maximum Gasteiger partial charge on any atom is 0.313 e. The molecule has 0 bridgehead atoms. The number of likely N-dealkylation sites (N-methyl/N-ethyl adjacent to an activating group) is 1. The first-order chi connectivity index (χ1) is 9.06. The molecule has 1 aromatic heterocycles. The number of anilines is 1. The highest BCUT2D eigenvalue weighted by Crippen LogP contribution is 2.30. The number of carbonyl (C=O) groups is 1. The second-order valence-corrected chi connectivity index (χ2v) is 6.92. The van der Waals surface area contributed by atoms with Gasteiger partial charge in [-0.25, -0.2) is 0 Å². The van der Waals surface area contributed by atoms with Crippen molar-refractivity contribution in [3.63, 3.8) is 0 Å². The monoisotopic (exact) mass is 302 g/mol. The molecule has 0 amide bonds. The van der Waals surface area contributed by atoms with Crippen LogP contribution in [-0.2, 0) is 4.79 Å². The molecule has 0 saturated carbocycles. The summed E-state index contributed by atoms with van der Waals surface area (Å²) in [6.07, 6.45) is 2.36. The molecule has 0 spiro atoms. The van der Waals surface area contributed by atoms with Crippen molar-refractivity contribution >= 4 is 34.2 Å². The van der Waals surface area contributed by atoms with Crippen LogP contribution in [0.5, 0.6) is 0 Å². The molecule has 1 unspecified atom stereocenters. The van der Waals surface area contributed by atoms with Gasteiger partial charge in [0.05, 0.1) is 5.75 Å². The smallest absolute Gasteiger partial charge is 0.313 e. The predicted octanol–water partition coefficient (Wildman–Crippen LogP) is 1.25. The summed E-state index contributed by atoms with van der Waals surface area (Å²) in [5.41, 5.74) is 0. The molecule has 6 nitrogen and oxygen atoms in total. The Balaban J connectivity index is 1.95. The number of aromatic nitrogens is 2. The van der Waals surface area contributed by atoms with Crippen molar-refractivity contribution in [1.82, 2.24) is 15.1 Å². The summed E-state index contributed by atoms with van der Waals surface area (Å²) in [5.74, 6) is -0.790. The number of piperidine rings is 1. The Hall–Kier alpha value is -0.860. The Morgan fingerprint density at radius 1 is 1.58 bits per heavy atom. The van der Waals surface area contributed by atoms with Crippen LogP contribution in [-0.4, -0.2) is 65.2 Å². The summed E-state index contributed by atoms with van der Waals surface area (Å²) in [6.45, 7) is 1.97. The average molecular weight is 302 g/mol. The molecule has 1 aromatic rings. The van der Waals surface area contributed by atoms with Crippen LogP contribution in [0.1, 0.15) is 12.8 Å². The molecule has 1 atom stereocenters. The molecular weight excluding hydrogens is 284 g/mol. The zero-order valence-electron chi connectivity index (χ0n) is 11.1. The summed E-state index contributed by atoms with van der Waals surface area (Å²) in [4.78, 5) is 15.0. The number of carboxylic acids is 1. The van der Waals surface area contributed by atoms with Gasteiger partial charge in [-0.3, -0.25) is 4.79 Å². The number of aliphatic carboxylic acids is 1. The number of hydrogen-bond donors (Lipinski definition) is 1. The molecule has 0 aliphatic carbocycles. The van der Waals surface area contributed by atoms with Gasteiger partial charge < -0.3 is 14.9 Å². The van der Waals surface area contributed by atoms with Gasteiger partial charge in [0.1, 0.15) is 0 Å². The van der Waals surface area contributed by atoms with Crippen LogP contribution >= 0.6 is 23.1 Å². The van der Waals surface area contributed by atoms with E-state index in [1.54, 1.807) is 0 Å². The summed E-state index contributed by atoms with van der Waals surface area (Å²) in [5, 5.41) is 17.8. The summed E-state index contributed by atoms with van der Waals surface area (Å²) in [7, 11) is 4.20. The molecule has 1 aliphatic rings. The molecule has 1 fully saturated rings. The lowest BCUT2D eigenvalue weighted by atomic mass is 10.1. The lowest BCUT2D eigenvalue weighted by Crippen LogP contribution is -2.45. The zero-order valence-corrected chi connectivity index (χ0v) is 12.7. The van der Waals surface area contributed by atoms with E-state index in [9.17, 15) is 4.79 Å². The number of thioether (sulfide) groups is 1.